The van der Waals surface area contributed by atoms with E-state index in [1.54, 1.807) is 18.2 Å². The van der Waals surface area contributed by atoms with Crippen LogP contribution in [0.15, 0.2) is 30.9 Å². The molecule has 0 aromatic heterocycles. The lowest BCUT2D eigenvalue weighted by Crippen LogP contribution is -2.44. The van der Waals surface area contributed by atoms with Gasteiger partial charge in [0.05, 0.1) is 6.04 Å². The van der Waals surface area contributed by atoms with Crippen LogP contribution in [0.4, 0.5) is 4.39 Å². The molecule has 6 heteroatoms. The molecule has 0 radical (unpaired) electrons. The van der Waals surface area contributed by atoms with E-state index in [0.29, 0.717) is 10.6 Å². The van der Waals surface area contributed by atoms with Crippen LogP contribution in [0.2, 0.25) is 5.02 Å². The first-order chi connectivity index (χ1) is 8.22. The molecule has 0 aliphatic carbocycles. The summed E-state index contributed by atoms with van der Waals surface area (Å²) < 4.78 is 13.9. The Morgan fingerprint density at radius 2 is 1.95 bits per heavy atom. The fourth-order valence-electron chi connectivity index (χ4n) is 2.17. The van der Waals surface area contributed by atoms with Gasteiger partial charge in [-0.3, -0.25) is 4.90 Å². The second-order valence-electron chi connectivity index (χ2n) is 4.13. The quantitative estimate of drug-likeness (QED) is 0.855. The monoisotopic (exact) mass is 326 g/mol. The van der Waals surface area contributed by atoms with Crippen molar-refractivity contribution in [3.8, 4) is 0 Å². The van der Waals surface area contributed by atoms with Gasteiger partial charge in [-0.1, -0.05) is 23.7 Å². The number of halogens is 4. The van der Waals surface area contributed by atoms with E-state index >= 15 is 0 Å². The predicted octanol–water partition coefficient (Wildman–Crippen LogP) is 3.46. The van der Waals surface area contributed by atoms with Crippen molar-refractivity contribution in [3.63, 3.8) is 0 Å². The fraction of sp³-hybridized carbons (Fsp3) is 0.385. The molecule has 0 saturated carbocycles. The number of rotatable bonds is 3. The molecule has 1 heterocycles. The summed E-state index contributed by atoms with van der Waals surface area (Å²) in [6.07, 6.45) is 1.79. The van der Waals surface area contributed by atoms with Gasteiger partial charge in [-0.25, -0.2) is 4.39 Å². The molecule has 0 unspecified atom stereocenters. The van der Waals surface area contributed by atoms with Gasteiger partial charge in [-0.05, 0) is 12.1 Å². The average Bonchev–Trinajstić information content (AvgIpc) is 2.34. The third-order valence-electron chi connectivity index (χ3n) is 3.05. The second kappa shape index (κ2) is 8.77. The summed E-state index contributed by atoms with van der Waals surface area (Å²) in [7, 11) is 0. The molecule has 1 fully saturated rings. The molecule has 0 spiro atoms. The molecular formula is C13H18Cl3FN2. The van der Waals surface area contributed by atoms with Gasteiger partial charge in [0.1, 0.15) is 5.82 Å². The van der Waals surface area contributed by atoms with Crippen molar-refractivity contribution in [3.05, 3.63) is 47.3 Å². The minimum absolute atomic E-state index is 0. The van der Waals surface area contributed by atoms with Crippen molar-refractivity contribution in [1.29, 1.82) is 0 Å². The summed E-state index contributed by atoms with van der Waals surface area (Å²) >= 11 is 5.76. The molecule has 1 N–H and O–H groups in total. The topological polar surface area (TPSA) is 15.3 Å². The second-order valence-corrected chi connectivity index (χ2v) is 4.57. The average molecular weight is 328 g/mol. The zero-order valence-corrected chi connectivity index (χ0v) is 12.8. The van der Waals surface area contributed by atoms with Crippen LogP contribution >= 0.6 is 36.4 Å². The number of hydrogen-bond donors (Lipinski definition) is 1. The Morgan fingerprint density at radius 3 is 2.47 bits per heavy atom. The maximum absolute atomic E-state index is 13.9. The van der Waals surface area contributed by atoms with E-state index in [0.717, 1.165) is 26.2 Å². The van der Waals surface area contributed by atoms with E-state index in [1.165, 1.54) is 6.07 Å². The van der Waals surface area contributed by atoms with Gasteiger partial charge < -0.3 is 5.32 Å². The van der Waals surface area contributed by atoms with Crippen LogP contribution in [0.5, 0.6) is 0 Å². The summed E-state index contributed by atoms with van der Waals surface area (Å²) in [5, 5.41) is 3.70. The van der Waals surface area contributed by atoms with Crippen molar-refractivity contribution in [1.82, 2.24) is 10.2 Å². The number of nitrogens with one attached hydrogen (secondary N) is 1. The van der Waals surface area contributed by atoms with Gasteiger partial charge in [0.2, 0.25) is 0 Å². The summed E-state index contributed by atoms with van der Waals surface area (Å²) in [6.45, 7) is 7.48. The van der Waals surface area contributed by atoms with Gasteiger partial charge in [0, 0.05) is 36.8 Å². The normalized spacial score (nSPS) is 16.9. The minimum Gasteiger partial charge on any atom is -0.314 e. The molecule has 19 heavy (non-hydrogen) atoms. The van der Waals surface area contributed by atoms with Crippen LogP contribution in [0.1, 0.15) is 11.6 Å². The first-order valence-corrected chi connectivity index (χ1v) is 6.12. The Morgan fingerprint density at radius 1 is 1.32 bits per heavy atom. The highest BCUT2D eigenvalue weighted by atomic mass is 35.5. The number of hydrogen-bond acceptors (Lipinski definition) is 2. The highest BCUT2D eigenvalue weighted by molar-refractivity contribution is 6.30. The number of piperazine rings is 1. The molecule has 1 saturated heterocycles. The predicted molar refractivity (Wildman–Crippen MR) is 83.3 cm³/mol. The first-order valence-electron chi connectivity index (χ1n) is 5.74. The minimum atomic E-state index is -0.263. The lowest BCUT2D eigenvalue weighted by Gasteiger charge is -2.33. The van der Waals surface area contributed by atoms with E-state index in [4.69, 9.17) is 11.6 Å². The third-order valence-corrected chi connectivity index (χ3v) is 3.28. The summed E-state index contributed by atoms with van der Waals surface area (Å²) in [5.41, 5.74) is 0.645. The van der Waals surface area contributed by atoms with Crippen LogP contribution in [0.3, 0.4) is 0 Å². The zero-order chi connectivity index (χ0) is 12.3. The van der Waals surface area contributed by atoms with E-state index in [-0.39, 0.29) is 36.7 Å². The third kappa shape index (κ3) is 4.62. The Bertz CT molecular complexity index is 409. The molecule has 1 atom stereocenters. The smallest absolute Gasteiger partial charge is 0.129 e. The molecule has 1 aliphatic heterocycles. The molecule has 2 rings (SSSR count). The Balaban J connectivity index is 0.00000162. The van der Waals surface area contributed by atoms with Gasteiger partial charge >= 0.3 is 0 Å². The molecule has 108 valence electrons. The van der Waals surface area contributed by atoms with Gasteiger partial charge in [-0.15, -0.1) is 31.4 Å². The molecule has 1 aromatic rings. The van der Waals surface area contributed by atoms with Gasteiger partial charge in [0.15, 0.2) is 0 Å². The van der Waals surface area contributed by atoms with Crippen LogP contribution in [-0.4, -0.2) is 31.1 Å². The first kappa shape index (κ1) is 18.7. The standard InChI is InChI=1S/C13H16ClFN2.2ClH/c1-2-13(17-7-5-16-6-8-17)11-4-3-10(14)9-12(11)15;;/h2-4,9,13,16H,1,5-8H2;2*1H/t13-;;/m0../s1. The lowest BCUT2D eigenvalue weighted by atomic mass is 10.0. The molecule has 0 bridgehead atoms. The van der Waals surface area contributed by atoms with Crippen LogP contribution in [-0.2, 0) is 0 Å². The van der Waals surface area contributed by atoms with E-state index in [1.807, 2.05) is 0 Å². The molecule has 2 nitrogen and oxygen atoms in total. The van der Waals surface area contributed by atoms with Gasteiger partial charge in [-0.2, -0.15) is 0 Å². The van der Waals surface area contributed by atoms with E-state index in [9.17, 15) is 4.39 Å². The Hall–Kier alpha value is -0.320. The number of nitrogens with zero attached hydrogens (tertiary/aromatic N) is 1. The highest BCUT2D eigenvalue weighted by Gasteiger charge is 2.21. The molecule has 1 aromatic carbocycles. The van der Waals surface area contributed by atoms with Crippen molar-refractivity contribution in [2.24, 2.45) is 0 Å². The Kier molecular flexibility index (Phi) is 8.62. The van der Waals surface area contributed by atoms with Crippen LogP contribution in [0.25, 0.3) is 0 Å². The number of benzene rings is 1. The molecular weight excluding hydrogens is 310 g/mol. The largest absolute Gasteiger partial charge is 0.314 e. The SMILES string of the molecule is C=C[C@@H](c1ccc(Cl)cc1F)N1CCNCC1.Cl.Cl. The summed E-state index contributed by atoms with van der Waals surface area (Å²) in [6, 6.07) is 4.75. The molecule has 0 amide bonds. The van der Waals surface area contributed by atoms with Crippen molar-refractivity contribution >= 4 is 36.4 Å². The van der Waals surface area contributed by atoms with Crippen molar-refractivity contribution < 1.29 is 4.39 Å². The van der Waals surface area contributed by atoms with Crippen molar-refractivity contribution in [2.75, 3.05) is 26.2 Å². The summed E-state index contributed by atoms with van der Waals surface area (Å²) in [4.78, 5) is 2.22. The highest BCUT2D eigenvalue weighted by Crippen LogP contribution is 2.26. The van der Waals surface area contributed by atoms with E-state index in [2.05, 4.69) is 16.8 Å². The maximum Gasteiger partial charge on any atom is 0.129 e. The van der Waals surface area contributed by atoms with Gasteiger partial charge in [0.25, 0.3) is 0 Å². The van der Waals surface area contributed by atoms with Crippen molar-refractivity contribution in [2.45, 2.75) is 6.04 Å². The van der Waals surface area contributed by atoms with Crippen LogP contribution in [0, 0.1) is 5.82 Å². The zero-order valence-electron chi connectivity index (χ0n) is 10.4. The molecule has 1 aliphatic rings. The summed E-state index contributed by atoms with van der Waals surface area (Å²) in [5.74, 6) is -0.263. The maximum atomic E-state index is 13.9. The van der Waals surface area contributed by atoms with Crippen LogP contribution < -0.4 is 5.32 Å². The Labute approximate surface area is 130 Å². The van der Waals surface area contributed by atoms with E-state index < -0.39 is 0 Å². The lowest BCUT2D eigenvalue weighted by molar-refractivity contribution is 0.200. The fourth-order valence-corrected chi connectivity index (χ4v) is 2.33.